The summed E-state index contributed by atoms with van der Waals surface area (Å²) in [5.74, 6) is 0.0797. The number of amides is 4. The van der Waals surface area contributed by atoms with Crippen molar-refractivity contribution < 1.29 is 38.4 Å². The van der Waals surface area contributed by atoms with Gasteiger partial charge in [0.05, 0.1) is 0 Å². The first kappa shape index (κ1) is 53.7. The number of nitrogens with zero attached hydrogens (tertiary/aromatic N) is 3. The third-order valence-corrected chi connectivity index (χ3v) is 12.8. The van der Waals surface area contributed by atoms with Gasteiger partial charge >= 0.3 is 13.5 Å². The monoisotopic (exact) mass is 926 g/mol. The van der Waals surface area contributed by atoms with Crippen LogP contribution in [-0.4, -0.2) is 119 Å². The fraction of sp³-hybridized carbons (Fsp3) is 0.540. The summed E-state index contributed by atoms with van der Waals surface area (Å²) < 4.78 is 15.2. The van der Waals surface area contributed by atoms with Crippen LogP contribution in [0, 0.1) is 11.8 Å². The van der Waals surface area contributed by atoms with Gasteiger partial charge < -0.3 is 36.0 Å². The highest BCUT2D eigenvalue weighted by molar-refractivity contribution is 7.71. The third kappa shape index (κ3) is 16.4. The second-order valence-corrected chi connectivity index (χ2v) is 19.2. The largest absolute Gasteiger partial charge is 0.502 e. The van der Waals surface area contributed by atoms with Crippen LogP contribution in [0.15, 0.2) is 91.0 Å². The Balaban J connectivity index is 0.000000231. The molecule has 0 aliphatic carbocycles. The molecule has 3 aromatic rings. The lowest BCUT2D eigenvalue weighted by Gasteiger charge is -2.34. The Hall–Kier alpha value is -4.95. The minimum absolute atomic E-state index is 0.00797. The number of hydrogen-bond donors (Lipinski definition) is 4. The highest BCUT2D eigenvalue weighted by atomic mass is 31.1. The zero-order chi connectivity index (χ0) is 48.5. The molecule has 4 aliphatic heterocycles. The molecule has 0 bridgehead atoms. The van der Waals surface area contributed by atoms with Gasteiger partial charge in [-0.25, -0.2) is 0 Å². The number of carbonyl (C=O) groups is 5. The third-order valence-electron chi connectivity index (χ3n) is 12.8. The Labute approximate surface area is 393 Å². The van der Waals surface area contributed by atoms with Crippen LogP contribution in [0.3, 0.4) is 0 Å². The molecule has 14 nitrogen and oxygen atoms in total. The van der Waals surface area contributed by atoms with Crippen LogP contribution >= 0.6 is 7.68 Å². The number of aliphatic hydroxyl groups excluding tert-OH is 1. The fourth-order valence-electron chi connectivity index (χ4n) is 8.43. The van der Waals surface area contributed by atoms with E-state index < -0.39 is 19.8 Å². The molecule has 4 heterocycles. The van der Waals surface area contributed by atoms with Crippen molar-refractivity contribution in [3.8, 4) is 0 Å². The molecule has 4 aliphatic rings. The number of ether oxygens (including phenoxy) is 1. The topological polar surface area (TPSA) is 191 Å². The maximum Gasteiger partial charge on any atom is 0.502 e. The molecule has 7 rings (SSSR count). The predicted octanol–water partition coefficient (Wildman–Crippen LogP) is 5.47. The molecule has 0 spiro atoms. The summed E-state index contributed by atoms with van der Waals surface area (Å²) in [6.07, 6.45) is 3.81. The van der Waals surface area contributed by atoms with Crippen LogP contribution in [0.25, 0.3) is 0 Å². The zero-order valence-electron chi connectivity index (χ0n) is 39.8. The summed E-state index contributed by atoms with van der Waals surface area (Å²) in [4.78, 5) is 65.7. The van der Waals surface area contributed by atoms with E-state index >= 15 is 0 Å². The van der Waals surface area contributed by atoms with E-state index in [4.69, 9.17) is 10.5 Å². The van der Waals surface area contributed by atoms with Crippen LogP contribution in [-0.2, 0) is 53.0 Å². The maximum absolute atomic E-state index is 13.4. The van der Waals surface area contributed by atoms with Crippen molar-refractivity contribution in [1.29, 1.82) is 0 Å². The van der Waals surface area contributed by atoms with Crippen molar-refractivity contribution in [2.75, 3.05) is 13.3 Å². The summed E-state index contributed by atoms with van der Waals surface area (Å²) in [7, 11) is 3.25. The van der Waals surface area contributed by atoms with Crippen molar-refractivity contribution >= 4 is 44.8 Å². The average Bonchev–Trinajstić information content (AvgIpc) is 4.13. The van der Waals surface area contributed by atoms with E-state index in [0.29, 0.717) is 50.9 Å². The predicted molar refractivity (Wildman–Crippen MR) is 258 cm³/mol. The lowest BCUT2D eigenvalue weighted by atomic mass is 9.92. The summed E-state index contributed by atoms with van der Waals surface area (Å²) in [5, 5.41) is 14.8. The van der Waals surface area contributed by atoms with Gasteiger partial charge in [0.15, 0.2) is 0 Å². The van der Waals surface area contributed by atoms with Crippen LogP contribution < -0.4 is 16.4 Å². The Morgan fingerprint density at radius 2 is 1.17 bits per heavy atom. The molecule has 3 aromatic carbocycles. The van der Waals surface area contributed by atoms with E-state index in [2.05, 4.69) is 54.3 Å². The molecule has 4 fully saturated rings. The molecule has 4 saturated heterocycles. The SMILES string of the molecule is CC1C(C)N1C(=O)[C@@H]1NC(=O)CC[C@H]1C.CC1C(C)N1C(=O)[C@@H]1NC(=O)CC[C@H]1N.C[C@H](CCCO)[C@@H](C(=O)OCc1ccccc1)N(Cc1ccccc1)Cc1ccccc1.[B][P+](C)=O. The normalized spacial score (nSPS) is 25.1. The summed E-state index contributed by atoms with van der Waals surface area (Å²) in [5.41, 5.74) is 9.11. The molecular formula is C50H71BN6O8P+. The van der Waals surface area contributed by atoms with E-state index in [-0.39, 0.29) is 78.8 Å². The number of aliphatic hydroxyl groups is 1. The summed E-state index contributed by atoms with van der Waals surface area (Å²) in [6, 6.07) is 30.0. The van der Waals surface area contributed by atoms with Gasteiger partial charge in [-0.05, 0) is 81.9 Å². The van der Waals surface area contributed by atoms with Gasteiger partial charge in [0.1, 0.15) is 31.4 Å². The number of esters is 1. The van der Waals surface area contributed by atoms with E-state index in [9.17, 15) is 33.6 Å². The van der Waals surface area contributed by atoms with Crippen LogP contribution in [0.2, 0.25) is 0 Å². The van der Waals surface area contributed by atoms with Gasteiger partial charge in [-0.15, -0.1) is 4.57 Å². The molecule has 0 saturated carbocycles. The summed E-state index contributed by atoms with van der Waals surface area (Å²) in [6.45, 7) is 15.3. The van der Waals surface area contributed by atoms with Crippen LogP contribution in [0.5, 0.6) is 0 Å². The first-order chi connectivity index (χ1) is 31.4. The molecule has 11 atom stereocenters. The standard InChI is InChI=1S/C28H33NO3.C11H18N2O2.C10H17N3O2.CH3BOP/c1-23(12-11-19-30)27(28(31)32-22-26-17-9-4-10-18-26)29(20-24-13-5-2-6-14-24)21-25-15-7-3-8-16-25;1-6-4-5-9(14)12-10(6)11(15)13-7(2)8(13)3;1-5-6(2)13(5)10(15)9-7(11)3-4-8(14)12-9;1-4(2)3/h2-10,13-18,23,27,30H,11-12,19-22H2,1H3;6-8,10H,4-5H2,1-3H3,(H,12,14);5-7,9H,3-4,11H2,1-2H3,(H,12,14);1H3/q;;;+1/t23-,27+;6-,7?,8?,10-,13?;5?,6?,7-,9-,13?;/m111./s1. The lowest BCUT2D eigenvalue weighted by Crippen LogP contribution is -2.58. The van der Waals surface area contributed by atoms with E-state index in [1.807, 2.05) is 106 Å². The van der Waals surface area contributed by atoms with Gasteiger partial charge in [0.2, 0.25) is 23.6 Å². The summed E-state index contributed by atoms with van der Waals surface area (Å²) >= 11 is 0. The Bertz CT molecular complexity index is 1920. The number of piperidine rings is 2. The van der Waals surface area contributed by atoms with Gasteiger partial charge in [-0.2, -0.15) is 0 Å². The van der Waals surface area contributed by atoms with Gasteiger partial charge in [0.25, 0.3) is 7.68 Å². The molecule has 0 aromatic heterocycles. The smallest absolute Gasteiger partial charge is 0.460 e. The molecular weight excluding hydrogens is 854 g/mol. The highest BCUT2D eigenvalue weighted by Gasteiger charge is 2.49. The van der Waals surface area contributed by atoms with E-state index in [0.717, 1.165) is 29.5 Å². The average molecular weight is 926 g/mol. The van der Waals surface area contributed by atoms with Gasteiger partial charge in [-0.1, -0.05) is 105 Å². The fourth-order valence-corrected chi connectivity index (χ4v) is 8.43. The number of benzene rings is 3. The van der Waals surface area contributed by atoms with Crippen molar-refractivity contribution in [3.63, 3.8) is 0 Å². The number of nitrogens with two attached hydrogens (primary N) is 1. The van der Waals surface area contributed by atoms with Crippen molar-refractivity contribution in [2.45, 2.75) is 148 Å². The Morgan fingerprint density at radius 3 is 1.61 bits per heavy atom. The minimum atomic E-state index is -1.37. The van der Waals surface area contributed by atoms with Crippen LogP contribution in [0.1, 0.15) is 96.8 Å². The molecule has 5 N–H and O–H groups in total. The number of hydrogen-bond acceptors (Lipinski definition) is 10. The van der Waals surface area contributed by atoms with Gasteiger partial charge in [-0.3, -0.25) is 28.9 Å². The molecule has 4 amide bonds. The minimum Gasteiger partial charge on any atom is -0.460 e. The molecule has 5 unspecified atom stereocenters. The first-order valence-electron chi connectivity index (χ1n) is 23.2. The van der Waals surface area contributed by atoms with Crippen LogP contribution in [0.4, 0.5) is 0 Å². The highest BCUT2D eigenvalue weighted by Crippen LogP contribution is 2.31. The second-order valence-electron chi connectivity index (χ2n) is 18.1. The van der Waals surface area contributed by atoms with Crippen molar-refractivity contribution in [3.05, 3.63) is 108 Å². The molecule has 66 heavy (non-hydrogen) atoms. The molecule has 2 radical (unpaired) electrons. The van der Waals surface area contributed by atoms with E-state index in [1.165, 1.54) is 6.66 Å². The number of rotatable bonds is 14. The zero-order valence-corrected chi connectivity index (χ0v) is 40.6. The molecule has 16 heteroatoms. The molecule has 356 valence electrons. The van der Waals surface area contributed by atoms with Gasteiger partial charge in [0, 0.05) is 62.7 Å². The first-order valence-corrected chi connectivity index (χ1v) is 25.0. The number of nitrogens with one attached hydrogen (secondary N) is 2. The Morgan fingerprint density at radius 1 is 0.758 bits per heavy atom. The maximum atomic E-state index is 13.4. The second kappa shape index (κ2) is 26.4. The number of carbonyl (C=O) groups excluding carboxylic acids is 5. The lowest BCUT2D eigenvalue weighted by molar-refractivity contribution is -0.154. The Kier molecular flexibility index (Phi) is 21.5. The van der Waals surface area contributed by atoms with Crippen molar-refractivity contribution in [1.82, 2.24) is 25.3 Å². The van der Waals surface area contributed by atoms with E-state index in [1.54, 1.807) is 4.90 Å². The quantitative estimate of drug-likeness (QED) is 0.0699. The van der Waals surface area contributed by atoms with Crippen molar-refractivity contribution in [2.24, 2.45) is 17.6 Å².